The van der Waals surface area contributed by atoms with Crippen LogP contribution in [0.2, 0.25) is 0 Å². The molecule has 1 saturated heterocycles. The number of carbonyl (C=O) groups is 1. The molecule has 31 heavy (non-hydrogen) atoms. The van der Waals surface area contributed by atoms with Crippen LogP contribution in [-0.4, -0.2) is 47.1 Å². The molecule has 1 atom stereocenters. The largest absolute Gasteiger partial charge is 0.508 e. The van der Waals surface area contributed by atoms with Gasteiger partial charge in [-0.2, -0.15) is 0 Å². The standard InChI is InChI=1S/C25H27N3O3/c1-16-5-6-19(31-15-17-7-11-28(17)2)14-21(16)24(30)27-25(8-9-25)22-12-18(29)13-23-20(22)4-3-10-26-23/h3-6,10,12-14,17,29H,7-9,11,15H2,1-2H3,(H,27,30)/t17-/m0/s1. The first-order chi connectivity index (χ1) is 14.9. The Morgan fingerprint density at radius 1 is 1.29 bits per heavy atom. The van der Waals surface area contributed by atoms with Crippen LogP contribution in [-0.2, 0) is 5.54 Å². The summed E-state index contributed by atoms with van der Waals surface area (Å²) in [6.07, 6.45) is 4.51. The topological polar surface area (TPSA) is 74.7 Å². The highest BCUT2D eigenvalue weighted by Crippen LogP contribution is 2.49. The summed E-state index contributed by atoms with van der Waals surface area (Å²) >= 11 is 0. The van der Waals surface area contributed by atoms with E-state index in [9.17, 15) is 9.90 Å². The minimum atomic E-state index is -0.477. The second kappa shape index (κ2) is 7.54. The number of aryl methyl sites for hydroxylation is 1. The number of likely N-dealkylation sites (tertiary alicyclic amines) is 1. The van der Waals surface area contributed by atoms with Gasteiger partial charge in [0.2, 0.25) is 0 Å². The maximum atomic E-state index is 13.3. The van der Waals surface area contributed by atoms with Gasteiger partial charge in [0.25, 0.3) is 5.91 Å². The van der Waals surface area contributed by atoms with E-state index in [2.05, 4.69) is 22.2 Å². The summed E-state index contributed by atoms with van der Waals surface area (Å²) in [6.45, 7) is 3.68. The number of phenolic OH excluding ortho intramolecular Hbond substituents is 1. The van der Waals surface area contributed by atoms with Crippen LogP contribution in [0, 0.1) is 6.92 Å². The molecule has 0 unspecified atom stereocenters. The number of amides is 1. The zero-order chi connectivity index (χ0) is 21.6. The molecule has 1 aliphatic heterocycles. The van der Waals surface area contributed by atoms with E-state index >= 15 is 0 Å². The smallest absolute Gasteiger partial charge is 0.252 e. The molecule has 2 N–H and O–H groups in total. The van der Waals surface area contributed by atoms with Crippen molar-refractivity contribution in [3.63, 3.8) is 0 Å². The van der Waals surface area contributed by atoms with Crippen LogP contribution in [0.5, 0.6) is 11.5 Å². The monoisotopic (exact) mass is 417 g/mol. The number of carbonyl (C=O) groups excluding carboxylic acids is 1. The van der Waals surface area contributed by atoms with E-state index in [-0.39, 0.29) is 11.7 Å². The molecule has 1 aliphatic carbocycles. The van der Waals surface area contributed by atoms with E-state index in [1.54, 1.807) is 18.3 Å². The predicted molar refractivity (Wildman–Crippen MR) is 119 cm³/mol. The molecule has 1 aromatic heterocycles. The van der Waals surface area contributed by atoms with Crippen molar-refractivity contribution in [2.75, 3.05) is 20.2 Å². The number of ether oxygens (including phenoxy) is 1. The van der Waals surface area contributed by atoms with E-state index in [0.717, 1.165) is 47.8 Å². The Morgan fingerprint density at radius 3 is 2.84 bits per heavy atom. The zero-order valence-corrected chi connectivity index (χ0v) is 17.9. The molecular weight excluding hydrogens is 390 g/mol. The normalized spacial score (nSPS) is 19.6. The molecule has 2 aliphatic rings. The van der Waals surface area contributed by atoms with Gasteiger partial charge in [-0.05, 0) is 75.2 Å². The van der Waals surface area contributed by atoms with Gasteiger partial charge in [-0.1, -0.05) is 12.1 Å². The SMILES string of the molecule is Cc1ccc(OC[C@@H]2CCN2C)cc1C(=O)NC1(c2cc(O)cc3ncccc23)CC1. The van der Waals surface area contributed by atoms with Crippen LogP contribution in [0.4, 0.5) is 0 Å². The number of fused-ring (bicyclic) bond motifs is 1. The van der Waals surface area contributed by atoms with Crippen molar-refractivity contribution in [3.8, 4) is 11.5 Å². The molecule has 2 heterocycles. The fraction of sp³-hybridized carbons (Fsp3) is 0.360. The number of rotatable bonds is 6. The van der Waals surface area contributed by atoms with Crippen LogP contribution >= 0.6 is 0 Å². The third kappa shape index (κ3) is 3.72. The second-order valence-corrected chi connectivity index (χ2v) is 8.81. The maximum Gasteiger partial charge on any atom is 0.252 e. The summed E-state index contributed by atoms with van der Waals surface area (Å²) in [5.74, 6) is 0.753. The van der Waals surface area contributed by atoms with E-state index in [1.165, 1.54) is 0 Å². The number of aromatic hydroxyl groups is 1. The van der Waals surface area contributed by atoms with Gasteiger partial charge in [0.05, 0.1) is 11.1 Å². The number of pyridine rings is 1. The summed E-state index contributed by atoms with van der Waals surface area (Å²) in [5.41, 5.74) is 2.69. The van der Waals surface area contributed by atoms with Crippen molar-refractivity contribution in [1.82, 2.24) is 15.2 Å². The molecular formula is C25H27N3O3. The molecule has 1 amide bonds. The van der Waals surface area contributed by atoms with Gasteiger partial charge < -0.3 is 15.2 Å². The zero-order valence-electron chi connectivity index (χ0n) is 17.9. The quantitative estimate of drug-likeness (QED) is 0.639. The third-order valence-electron chi connectivity index (χ3n) is 6.66. The lowest BCUT2D eigenvalue weighted by Gasteiger charge is -2.37. The van der Waals surface area contributed by atoms with Crippen LogP contribution in [0.25, 0.3) is 10.9 Å². The van der Waals surface area contributed by atoms with Gasteiger partial charge in [0.1, 0.15) is 18.1 Å². The number of likely N-dealkylation sites (N-methyl/N-ethyl adjacent to an activating group) is 1. The molecule has 6 heteroatoms. The fourth-order valence-corrected chi connectivity index (χ4v) is 4.34. The molecule has 160 valence electrons. The van der Waals surface area contributed by atoms with Crippen molar-refractivity contribution in [2.45, 2.75) is 37.8 Å². The van der Waals surface area contributed by atoms with Crippen molar-refractivity contribution < 1.29 is 14.6 Å². The molecule has 2 aromatic carbocycles. The Kier molecular flexibility index (Phi) is 4.82. The summed E-state index contributed by atoms with van der Waals surface area (Å²) in [5, 5.41) is 14.4. The van der Waals surface area contributed by atoms with Crippen molar-refractivity contribution in [3.05, 3.63) is 65.4 Å². The number of nitrogens with zero attached hydrogens (tertiary/aromatic N) is 2. The van der Waals surface area contributed by atoms with Crippen molar-refractivity contribution >= 4 is 16.8 Å². The minimum Gasteiger partial charge on any atom is -0.508 e. The van der Waals surface area contributed by atoms with E-state index < -0.39 is 5.54 Å². The highest BCUT2D eigenvalue weighted by molar-refractivity contribution is 5.97. The lowest BCUT2D eigenvalue weighted by atomic mass is 9.97. The minimum absolute atomic E-state index is 0.124. The summed E-state index contributed by atoms with van der Waals surface area (Å²) < 4.78 is 5.97. The molecule has 0 radical (unpaired) electrons. The van der Waals surface area contributed by atoms with Gasteiger partial charge in [0.15, 0.2) is 0 Å². The van der Waals surface area contributed by atoms with Crippen LogP contribution in [0.3, 0.4) is 0 Å². The molecule has 0 spiro atoms. The van der Waals surface area contributed by atoms with Crippen molar-refractivity contribution in [1.29, 1.82) is 0 Å². The number of nitrogens with one attached hydrogen (secondary N) is 1. The van der Waals surface area contributed by atoms with Gasteiger partial charge in [-0.3, -0.25) is 14.7 Å². The maximum absolute atomic E-state index is 13.3. The highest BCUT2D eigenvalue weighted by Gasteiger charge is 2.47. The van der Waals surface area contributed by atoms with Crippen LogP contribution in [0.15, 0.2) is 48.7 Å². The van der Waals surface area contributed by atoms with E-state index in [4.69, 9.17) is 4.74 Å². The van der Waals surface area contributed by atoms with Gasteiger partial charge in [0, 0.05) is 29.3 Å². The van der Waals surface area contributed by atoms with Gasteiger partial charge in [-0.15, -0.1) is 0 Å². The van der Waals surface area contributed by atoms with Crippen LogP contribution in [0.1, 0.15) is 40.7 Å². The Balaban J connectivity index is 1.38. The van der Waals surface area contributed by atoms with E-state index in [1.807, 2.05) is 37.3 Å². The Bertz CT molecular complexity index is 1160. The molecule has 2 fully saturated rings. The Morgan fingerprint density at radius 2 is 2.13 bits per heavy atom. The fourth-order valence-electron chi connectivity index (χ4n) is 4.34. The average molecular weight is 418 g/mol. The third-order valence-corrected chi connectivity index (χ3v) is 6.66. The highest BCUT2D eigenvalue weighted by atomic mass is 16.5. The first-order valence-electron chi connectivity index (χ1n) is 10.8. The molecule has 1 saturated carbocycles. The second-order valence-electron chi connectivity index (χ2n) is 8.81. The Hall–Kier alpha value is -3.12. The number of hydrogen-bond donors (Lipinski definition) is 2. The van der Waals surface area contributed by atoms with Gasteiger partial charge in [-0.25, -0.2) is 0 Å². The summed E-state index contributed by atoms with van der Waals surface area (Å²) in [4.78, 5) is 19.9. The molecule has 3 aromatic rings. The van der Waals surface area contributed by atoms with Crippen molar-refractivity contribution in [2.24, 2.45) is 0 Å². The lowest BCUT2D eigenvalue weighted by molar-refractivity contribution is 0.0767. The first kappa shape index (κ1) is 19.8. The number of hydrogen-bond acceptors (Lipinski definition) is 5. The average Bonchev–Trinajstić information content (AvgIpc) is 3.53. The molecule has 6 nitrogen and oxygen atoms in total. The number of phenols is 1. The lowest BCUT2D eigenvalue weighted by Crippen LogP contribution is -2.48. The number of benzene rings is 2. The Labute approximate surface area is 181 Å². The van der Waals surface area contributed by atoms with Crippen LogP contribution < -0.4 is 10.1 Å². The predicted octanol–water partition coefficient (Wildman–Crippen LogP) is 3.75. The molecule has 0 bridgehead atoms. The summed E-state index contributed by atoms with van der Waals surface area (Å²) in [7, 11) is 2.10. The summed E-state index contributed by atoms with van der Waals surface area (Å²) in [6, 6.07) is 13.4. The van der Waals surface area contributed by atoms with Gasteiger partial charge >= 0.3 is 0 Å². The number of aromatic nitrogens is 1. The first-order valence-corrected chi connectivity index (χ1v) is 10.8. The molecule has 5 rings (SSSR count). The van der Waals surface area contributed by atoms with E-state index in [0.29, 0.717) is 24.0 Å².